The molecule has 0 spiro atoms. The van der Waals surface area contributed by atoms with Gasteiger partial charge < -0.3 is 10.4 Å². The zero-order chi connectivity index (χ0) is 18.0. The van der Waals surface area contributed by atoms with Gasteiger partial charge in [0.1, 0.15) is 0 Å². The number of hydrogen-bond acceptors (Lipinski definition) is 3. The zero-order valence-electron chi connectivity index (χ0n) is 14.6. The molecule has 0 heterocycles. The minimum atomic E-state index is -0.582. The predicted molar refractivity (Wildman–Crippen MR) is 101 cm³/mol. The summed E-state index contributed by atoms with van der Waals surface area (Å²) in [5.74, 6) is 0.0168. The molecule has 0 aliphatic heterocycles. The smallest absolute Gasteiger partial charge is 0.234 e. The van der Waals surface area contributed by atoms with Crippen molar-refractivity contribution in [1.82, 2.24) is 10.2 Å². The van der Waals surface area contributed by atoms with E-state index in [0.29, 0.717) is 16.5 Å². The van der Waals surface area contributed by atoms with Gasteiger partial charge >= 0.3 is 0 Å². The molecule has 138 valence electrons. The molecule has 3 rings (SSSR count). The van der Waals surface area contributed by atoms with E-state index in [1.165, 1.54) is 25.7 Å². The molecule has 0 bridgehead atoms. The number of fused-ring (bicyclic) bond motifs is 1. The highest BCUT2D eigenvalue weighted by molar-refractivity contribution is 6.35. The summed E-state index contributed by atoms with van der Waals surface area (Å²) in [4.78, 5) is 14.4. The Morgan fingerprint density at radius 2 is 1.92 bits per heavy atom. The van der Waals surface area contributed by atoms with E-state index < -0.39 is 6.10 Å². The summed E-state index contributed by atoms with van der Waals surface area (Å²) >= 11 is 12.4. The van der Waals surface area contributed by atoms with E-state index in [-0.39, 0.29) is 24.5 Å². The highest BCUT2D eigenvalue weighted by Crippen LogP contribution is 2.40. The predicted octanol–water partition coefficient (Wildman–Crippen LogP) is 3.72. The number of nitrogens with zero attached hydrogens (tertiary/aromatic N) is 1. The quantitative estimate of drug-likeness (QED) is 0.777. The lowest BCUT2D eigenvalue weighted by atomic mass is 10.1. The van der Waals surface area contributed by atoms with Crippen LogP contribution in [0.15, 0.2) is 12.1 Å². The summed E-state index contributed by atoms with van der Waals surface area (Å²) in [6.45, 7) is 0.252. The first-order valence-corrected chi connectivity index (χ1v) is 9.87. The molecule has 6 heteroatoms. The SMILES string of the molecule is CN(CC(=O)NC1CCCCCC1)C1c2cc(Cl)cc(Cl)c2CC1O. The highest BCUT2D eigenvalue weighted by Gasteiger charge is 2.36. The first-order valence-electron chi connectivity index (χ1n) is 9.11. The van der Waals surface area contributed by atoms with Crippen molar-refractivity contribution in [2.45, 2.75) is 63.1 Å². The first-order chi connectivity index (χ1) is 12.0. The van der Waals surface area contributed by atoms with Gasteiger partial charge in [0.15, 0.2) is 0 Å². The molecule has 2 aliphatic rings. The largest absolute Gasteiger partial charge is 0.391 e. The minimum Gasteiger partial charge on any atom is -0.391 e. The molecule has 25 heavy (non-hydrogen) atoms. The lowest BCUT2D eigenvalue weighted by Crippen LogP contribution is -2.43. The fourth-order valence-electron chi connectivity index (χ4n) is 4.18. The third-order valence-corrected chi connectivity index (χ3v) is 5.93. The number of benzene rings is 1. The Morgan fingerprint density at radius 1 is 1.24 bits per heavy atom. The van der Waals surface area contributed by atoms with Gasteiger partial charge in [-0.3, -0.25) is 9.69 Å². The van der Waals surface area contributed by atoms with Crippen molar-refractivity contribution in [2.24, 2.45) is 0 Å². The second-order valence-electron chi connectivity index (χ2n) is 7.34. The molecule has 1 aromatic carbocycles. The van der Waals surface area contributed by atoms with Crippen molar-refractivity contribution in [2.75, 3.05) is 13.6 Å². The van der Waals surface area contributed by atoms with E-state index in [9.17, 15) is 9.90 Å². The highest BCUT2D eigenvalue weighted by atomic mass is 35.5. The van der Waals surface area contributed by atoms with Crippen molar-refractivity contribution < 1.29 is 9.90 Å². The van der Waals surface area contributed by atoms with Crippen LogP contribution in [0.4, 0.5) is 0 Å². The van der Waals surface area contributed by atoms with E-state index in [2.05, 4.69) is 5.32 Å². The molecular formula is C19H26Cl2N2O2. The molecule has 1 fully saturated rings. The molecule has 2 N–H and O–H groups in total. The maximum Gasteiger partial charge on any atom is 0.234 e. The standard InChI is InChI=1S/C19H26Cl2N2O2/c1-23(11-18(25)22-13-6-4-2-3-5-7-13)19-15-8-12(20)9-16(21)14(15)10-17(19)24/h8-9,13,17,19,24H,2-7,10-11H2,1H3,(H,22,25). The van der Waals surface area contributed by atoms with Crippen LogP contribution in [0.5, 0.6) is 0 Å². The Hall–Kier alpha value is -0.810. The molecule has 4 nitrogen and oxygen atoms in total. The fraction of sp³-hybridized carbons (Fsp3) is 0.632. The summed E-state index contributed by atoms with van der Waals surface area (Å²) in [6, 6.07) is 3.58. The van der Waals surface area contributed by atoms with Gasteiger partial charge in [0, 0.05) is 22.5 Å². The molecule has 2 unspecified atom stereocenters. The number of carbonyl (C=O) groups is 1. The Morgan fingerprint density at radius 3 is 2.60 bits per heavy atom. The number of amides is 1. The summed E-state index contributed by atoms with van der Waals surface area (Å²) in [6.07, 6.45) is 6.94. The Labute approximate surface area is 159 Å². The maximum absolute atomic E-state index is 12.5. The molecule has 0 saturated heterocycles. The topological polar surface area (TPSA) is 52.6 Å². The summed E-state index contributed by atoms with van der Waals surface area (Å²) in [7, 11) is 1.87. The van der Waals surface area contributed by atoms with Crippen LogP contribution in [0.25, 0.3) is 0 Å². The summed E-state index contributed by atoms with van der Waals surface area (Å²) < 4.78 is 0. The van der Waals surface area contributed by atoms with Crippen LogP contribution in [0.1, 0.15) is 55.7 Å². The average molecular weight is 385 g/mol. The number of hydrogen-bond donors (Lipinski definition) is 2. The third kappa shape index (κ3) is 4.48. The normalized spacial score (nSPS) is 24.2. The zero-order valence-corrected chi connectivity index (χ0v) is 16.1. The Kier molecular flexibility index (Phi) is 6.26. The summed E-state index contributed by atoms with van der Waals surface area (Å²) in [5, 5.41) is 14.8. The van der Waals surface area contributed by atoms with Crippen LogP contribution in [0, 0.1) is 0 Å². The van der Waals surface area contributed by atoms with Gasteiger partial charge in [0.2, 0.25) is 5.91 Å². The average Bonchev–Trinajstić information content (AvgIpc) is 2.70. The Balaban J connectivity index is 1.65. The van der Waals surface area contributed by atoms with Crippen LogP contribution in [-0.4, -0.2) is 41.7 Å². The number of halogens is 2. The van der Waals surface area contributed by atoms with Crippen molar-refractivity contribution in [3.05, 3.63) is 33.3 Å². The maximum atomic E-state index is 12.5. The molecule has 0 radical (unpaired) electrons. The molecule has 0 aromatic heterocycles. The second-order valence-corrected chi connectivity index (χ2v) is 8.19. The lowest BCUT2D eigenvalue weighted by molar-refractivity contribution is -0.123. The van der Waals surface area contributed by atoms with Crippen LogP contribution in [0.2, 0.25) is 10.0 Å². The molecule has 1 aromatic rings. The number of likely N-dealkylation sites (N-methyl/N-ethyl adjacent to an activating group) is 1. The second kappa shape index (κ2) is 8.26. The van der Waals surface area contributed by atoms with E-state index >= 15 is 0 Å². The number of aliphatic hydroxyl groups excluding tert-OH is 1. The van der Waals surface area contributed by atoms with E-state index in [1.54, 1.807) is 6.07 Å². The van der Waals surface area contributed by atoms with Gasteiger partial charge in [-0.05, 0) is 43.1 Å². The lowest BCUT2D eigenvalue weighted by Gasteiger charge is -2.28. The molecule has 2 aliphatic carbocycles. The van der Waals surface area contributed by atoms with Crippen LogP contribution < -0.4 is 5.32 Å². The monoisotopic (exact) mass is 384 g/mol. The van der Waals surface area contributed by atoms with Crippen LogP contribution in [-0.2, 0) is 11.2 Å². The van der Waals surface area contributed by atoms with Gasteiger partial charge in [-0.2, -0.15) is 0 Å². The summed E-state index contributed by atoms with van der Waals surface area (Å²) in [5.41, 5.74) is 1.86. The van der Waals surface area contributed by atoms with Crippen molar-refractivity contribution >= 4 is 29.1 Å². The van der Waals surface area contributed by atoms with Crippen molar-refractivity contribution in [1.29, 1.82) is 0 Å². The van der Waals surface area contributed by atoms with E-state index in [1.807, 2.05) is 18.0 Å². The first kappa shape index (κ1) is 19.0. The Bertz CT molecular complexity index is 630. The van der Waals surface area contributed by atoms with Gasteiger partial charge in [0.25, 0.3) is 0 Å². The van der Waals surface area contributed by atoms with Gasteiger partial charge in [-0.15, -0.1) is 0 Å². The molecule has 1 saturated carbocycles. The number of rotatable bonds is 4. The van der Waals surface area contributed by atoms with Gasteiger partial charge in [-0.25, -0.2) is 0 Å². The number of aliphatic hydroxyl groups is 1. The van der Waals surface area contributed by atoms with E-state index in [0.717, 1.165) is 24.0 Å². The minimum absolute atomic E-state index is 0.0168. The number of carbonyl (C=O) groups excluding carboxylic acids is 1. The van der Waals surface area contributed by atoms with Crippen molar-refractivity contribution in [3.63, 3.8) is 0 Å². The van der Waals surface area contributed by atoms with Crippen LogP contribution >= 0.6 is 23.2 Å². The fourth-order valence-corrected chi connectivity index (χ4v) is 4.77. The number of nitrogens with one attached hydrogen (secondary N) is 1. The molecule has 1 amide bonds. The van der Waals surface area contributed by atoms with E-state index in [4.69, 9.17) is 23.2 Å². The van der Waals surface area contributed by atoms with Gasteiger partial charge in [0.05, 0.1) is 18.7 Å². The third-order valence-electron chi connectivity index (χ3n) is 5.38. The van der Waals surface area contributed by atoms with Crippen molar-refractivity contribution in [3.8, 4) is 0 Å². The van der Waals surface area contributed by atoms with Crippen LogP contribution in [0.3, 0.4) is 0 Å². The molecule has 2 atom stereocenters. The molecular weight excluding hydrogens is 359 g/mol. The van der Waals surface area contributed by atoms with Gasteiger partial charge in [-0.1, -0.05) is 48.9 Å².